The van der Waals surface area contributed by atoms with Crippen LogP contribution in [-0.4, -0.2) is 40.3 Å². The lowest BCUT2D eigenvalue weighted by Gasteiger charge is -2.27. The van der Waals surface area contributed by atoms with Crippen LogP contribution in [0.3, 0.4) is 0 Å². The van der Waals surface area contributed by atoms with Crippen LogP contribution in [0.4, 0.5) is 5.69 Å². The minimum Gasteiger partial charge on any atom is -0.484 e. The fraction of sp³-hybridized carbons (Fsp3) is 0.167. The number of nitrogens with zero attached hydrogens (tertiary/aromatic N) is 3. The van der Waals surface area contributed by atoms with Crippen molar-refractivity contribution in [2.75, 3.05) is 11.5 Å². The average Bonchev–Trinajstić information content (AvgIpc) is 3.11. The van der Waals surface area contributed by atoms with E-state index in [4.69, 9.17) is 4.74 Å². The van der Waals surface area contributed by atoms with Gasteiger partial charge in [0.1, 0.15) is 11.8 Å². The summed E-state index contributed by atoms with van der Waals surface area (Å²) in [5.41, 5.74) is 1.26. The van der Waals surface area contributed by atoms with Gasteiger partial charge in [-0.15, -0.1) is 0 Å². The first-order valence-corrected chi connectivity index (χ1v) is 11.1. The Morgan fingerprint density at radius 1 is 1.06 bits per heavy atom. The number of carbonyl (C=O) groups is 3. The van der Waals surface area contributed by atoms with Crippen LogP contribution in [0.5, 0.6) is 5.75 Å². The van der Waals surface area contributed by atoms with Gasteiger partial charge in [-0.05, 0) is 70.6 Å². The first-order chi connectivity index (χ1) is 15.5. The van der Waals surface area contributed by atoms with E-state index in [1.54, 1.807) is 42.7 Å². The summed E-state index contributed by atoms with van der Waals surface area (Å²) in [7, 11) is 0. The summed E-state index contributed by atoms with van der Waals surface area (Å²) in [5, 5.41) is 0. The Balaban J connectivity index is 1.57. The van der Waals surface area contributed by atoms with Gasteiger partial charge in [0.2, 0.25) is 5.91 Å². The predicted octanol–water partition coefficient (Wildman–Crippen LogP) is 3.43. The summed E-state index contributed by atoms with van der Waals surface area (Å²) in [6.45, 7) is -0.0964. The van der Waals surface area contributed by atoms with Crippen LogP contribution >= 0.6 is 22.6 Å². The highest BCUT2D eigenvalue weighted by molar-refractivity contribution is 14.1. The van der Waals surface area contributed by atoms with Gasteiger partial charge in [-0.2, -0.15) is 0 Å². The largest absolute Gasteiger partial charge is 0.484 e. The zero-order valence-corrected chi connectivity index (χ0v) is 19.2. The maximum Gasteiger partial charge on any atom is 0.261 e. The topological polar surface area (TPSA) is 79.8 Å². The molecule has 7 nitrogen and oxygen atoms in total. The highest BCUT2D eigenvalue weighted by atomic mass is 127. The van der Waals surface area contributed by atoms with Gasteiger partial charge >= 0.3 is 0 Å². The summed E-state index contributed by atoms with van der Waals surface area (Å²) in [5.74, 6) is -0.591. The van der Waals surface area contributed by atoms with Crippen LogP contribution in [0, 0.1) is 3.57 Å². The van der Waals surface area contributed by atoms with Gasteiger partial charge in [0.15, 0.2) is 6.61 Å². The maximum atomic E-state index is 13.3. The standard InChI is InChI=1S/C24H20IN3O4/c25-18-8-10-19(11-9-18)28-22(29)13-21(24(28)31)27(15-17-5-4-12-26-14-17)23(30)16-32-20-6-2-1-3-7-20/h1-12,14,21H,13,15-16H2. The van der Waals surface area contributed by atoms with Crippen LogP contribution in [0.15, 0.2) is 79.1 Å². The number of anilines is 1. The molecule has 0 aliphatic carbocycles. The normalized spacial score (nSPS) is 15.7. The minimum atomic E-state index is -0.908. The van der Waals surface area contributed by atoms with Crippen LogP contribution < -0.4 is 9.64 Å². The van der Waals surface area contributed by atoms with E-state index >= 15 is 0 Å². The van der Waals surface area contributed by atoms with Crippen LogP contribution in [-0.2, 0) is 20.9 Å². The van der Waals surface area contributed by atoms with Crippen molar-refractivity contribution in [1.29, 1.82) is 0 Å². The molecule has 1 aliphatic rings. The number of hydrogen-bond acceptors (Lipinski definition) is 5. The second-order valence-corrected chi connectivity index (χ2v) is 8.49. The van der Waals surface area contributed by atoms with Gasteiger partial charge in [0, 0.05) is 22.5 Å². The van der Waals surface area contributed by atoms with Crippen molar-refractivity contribution in [1.82, 2.24) is 9.88 Å². The molecular formula is C24H20IN3O4. The van der Waals surface area contributed by atoms with Crippen LogP contribution in [0.2, 0.25) is 0 Å². The SMILES string of the molecule is O=C1CC(N(Cc2cccnc2)C(=O)COc2ccccc2)C(=O)N1c1ccc(I)cc1. The van der Waals surface area contributed by atoms with Crippen molar-refractivity contribution in [3.63, 3.8) is 0 Å². The van der Waals surface area contributed by atoms with Crippen molar-refractivity contribution in [3.05, 3.63) is 88.3 Å². The molecular weight excluding hydrogens is 521 g/mol. The molecule has 1 fully saturated rings. The molecule has 3 amide bonds. The number of amides is 3. The van der Waals surface area contributed by atoms with Crippen molar-refractivity contribution in [2.45, 2.75) is 19.0 Å². The average molecular weight is 541 g/mol. The summed E-state index contributed by atoms with van der Waals surface area (Å²) in [6, 6.07) is 18.8. The van der Waals surface area contributed by atoms with Crippen molar-refractivity contribution < 1.29 is 19.1 Å². The van der Waals surface area contributed by atoms with E-state index in [-0.39, 0.29) is 31.4 Å². The molecule has 162 valence electrons. The van der Waals surface area contributed by atoms with Crippen LogP contribution in [0.25, 0.3) is 0 Å². The molecule has 2 aromatic carbocycles. The lowest BCUT2D eigenvalue weighted by molar-refractivity contribution is -0.140. The monoisotopic (exact) mass is 541 g/mol. The second-order valence-electron chi connectivity index (χ2n) is 7.25. The van der Waals surface area contributed by atoms with Crippen molar-refractivity contribution in [3.8, 4) is 5.75 Å². The molecule has 32 heavy (non-hydrogen) atoms. The van der Waals surface area contributed by atoms with Gasteiger partial charge in [-0.1, -0.05) is 24.3 Å². The molecule has 1 unspecified atom stereocenters. The van der Waals surface area contributed by atoms with E-state index in [2.05, 4.69) is 27.6 Å². The van der Waals surface area contributed by atoms with E-state index in [1.165, 1.54) is 4.90 Å². The lowest BCUT2D eigenvalue weighted by atomic mass is 10.1. The number of carbonyl (C=O) groups excluding carboxylic acids is 3. The Morgan fingerprint density at radius 3 is 2.50 bits per heavy atom. The summed E-state index contributed by atoms with van der Waals surface area (Å²) >= 11 is 2.16. The number of aromatic nitrogens is 1. The van der Waals surface area contributed by atoms with Crippen molar-refractivity contribution >= 4 is 46.0 Å². The highest BCUT2D eigenvalue weighted by Crippen LogP contribution is 2.27. The van der Waals surface area contributed by atoms with E-state index in [9.17, 15) is 14.4 Å². The number of para-hydroxylation sites is 1. The predicted molar refractivity (Wildman–Crippen MR) is 127 cm³/mol. The maximum absolute atomic E-state index is 13.3. The third-order valence-electron chi connectivity index (χ3n) is 5.09. The first-order valence-electron chi connectivity index (χ1n) is 10.0. The first kappa shape index (κ1) is 21.9. The number of rotatable bonds is 7. The van der Waals surface area contributed by atoms with E-state index in [1.807, 2.05) is 36.4 Å². The van der Waals surface area contributed by atoms with Gasteiger partial charge in [-0.3, -0.25) is 19.4 Å². The Kier molecular flexibility index (Phi) is 6.79. The number of pyridine rings is 1. The fourth-order valence-corrected chi connectivity index (χ4v) is 3.89. The molecule has 3 aromatic rings. The highest BCUT2D eigenvalue weighted by Gasteiger charge is 2.44. The molecule has 1 aliphatic heterocycles. The van der Waals surface area contributed by atoms with E-state index in [0.717, 1.165) is 14.0 Å². The Bertz CT molecular complexity index is 1110. The van der Waals surface area contributed by atoms with E-state index < -0.39 is 11.9 Å². The molecule has 4 rings (SSSR count). The van der Waals surface area contributed by atoms with Crippen LogP contribution in [0.1, 0.15) is 12.0 Å². The summed E-state index contributed by atoms with van der Waals surface area (Å²) in [4.78, 5) is 45.8. The Morgan fingerprint density at radius 2 is 1.81 bits per heavy atom. The third kappa shape index (κ3) is 4.96. The molecule has 0 saturated carbocycles. The number of benzene rings is 2. The minimum absolute atomic E-state index is 0.0812. The molecule has 1 aromatic heterocycles. The molecule has 2 heterocycles. The van der Waals surface area contributed by atoms with E-state index in [0.29, 0.717) is 11.4 Å². The Labute approximate surface area is 199 Å². The zero-order valence-electron chi connectivity index (χ0n) is 17.1. The Hall–Kier alpha value is -3.27. The zero-order chi connectivity index (χ0) is 22.5. The molecule has 0 N–H and O–H groups in total. The third-order valence-corrected chi connectivity index (χ3v) is 5.80. The fourth-order valence-electron chi connectivity index (χ4n) is 3.53. The van der Waals surface area contributed by atoms with Gasteiger partial charge in [0.05, 0.1) is 12.1 Å². The van der Waals surface area contributed by atoms with Gasteiger partial charge in [0.25, 0.3) is 11.8 Å². The molecule has 0 bridgehead atoms. The molecule has 0 spiro atoms. The van der Waals surface area contributed by atoms with Crippen molar-refractivity contribution in [2.24, 2.45) is 0 Å². The number of ether oxygens (including phenoxy) is 1. The van der Waals surface area contributed by atoms with Gasteiger partial charge < -0.3 is 9.64 Å². The number of halogens is 1. The quantitative estimate of drug-likeness (QED) is 0.339. The lowest BCUT2D eigenvalue weighted by Crippen LogP contribution is -2.46. The summed E-state index contributed by atoms with van der Waals surface area (Å²) in [6.07, 6.45) is 3.19. The number of imide groups is 1. The molecule has 1 saturated heterocycles. The van der Waals surface area contributed by atoms with Gasteiger partial charge in [-0.25, -0.2) is 4.90 Å². The smallest absolute Gasteiger partial charge is 0.261 e. The summed E-state index contributed by atoms with van der Waals surface area (Å²) < 4.78 is 6.61. The molecule has 0 radical (unpaired) electrons. The number of hydrogen-bond donors (Lipinski definition) is 0. The second kappa shape index (κ2) is 9.90. The molecule has 8 heteroatoms. The molecule has 1 atom stereocenters.